The van der Waals surface area contributed by atoms with Gasteiger partial charge in [-0.15, -0.1) is 6.58 Å². The van der Waals surface area contributed by atoms with Crippen LogP contribution in [0.5, 0.6) is 5.75 Å². The number of phenols is 1. The number of hydrogen-bond acceptors (Lipinski definition) is 6. The topological polar surface area (TPSA) is 124 Å². The van der Waals surface area contributed by atoms with Crippen LogP contribution in [0.1, 0.15) is 5.56 Å². The van der Waals surface area contributed by atoms with Crippen molar-refractivity contribution >= 4 is 45.3 Å². The third kappa shape index (κ3) is 3.50. The number of aromatic hydroxyl groups is 1. The summed E-state index contributed by atoms with van der Waals surface area (Å²) in [7, 11) is -4.66. The lowest BCUT2D eigenvalue weighted by Crippen LogP contribution is -2.53. The van der Waals surface area contributed by atoms with Gasteiger partial charge in [-0.3, -0.25) is 24.4 Å². The van der Waals surface area contributed by atoms with E-state index >= 15 is 0 Å². The van der Waals surface area contributed by atoms with Crippen LogP contribution in [0.25, 0.3) is 6.08 Å². The third-order valence-electron chi connectivity index (χ3n) is 3.07. The molecule has 2 rings (SSSR count). The zero-order valence-electron chi connectivity index (χ0n) is 12.1. The quantitative estimate of drug-likeness (QED) is 0.232. The van der Waals surface area contributed by atoms with E-state index in [2.05, 4.69) is 11.9 Å². The Morgan fingerprint density at radius 2 is 2.00 bits per heavy atom. The molecule has 2 amide bonds. The minimum Gasteiger partial charge on any atom is -0.506 e. The highest BCUT2D eigenvalue weighted by atomic mass is 32.2. The maximum absolute atomic E-state index is 12.3. The maximum Gasteiger partial charge on any atom is 0.298 e. The predicted octanol–water partition coefficient (Wildman–Crippen LogP) is 0.452. The van der Waals surface area contributed by atoms with Crippen LogP contribution in [0, 0.1) is 0 Å². The largest absolute Gasteiger partial charge is 0.506 e. The lowest BCUT2D eigenvalue weighted by Gasteiger charge is -2.27. The minimum absolute atomic E-state index is 0.0635. The molecule has 3 N–H and O–H groups in total. The summed E-state index contributed by atoms with van der Waals surface area (Å²) in [6.45, 7) is 3.58. The summed E-state index contributed by atoms with van der Waals surface area (Å²) in [5.41, 5.74) is -0.164. The monoisotopic (exact) mass is 368 g/mol. The number of carbonyl (C=O) groups excluding carboxylic acids is 2. The number of rotatable bonds is 4. The summed E-state index contributed by atoms with van der Waals surface area (Å²) in [5.74, 6) is -2.08. The number of hydrogen-bond donors (Lipinski definition) is 3. The molecule has 0 bridgehead atoms. The van der Waals surface area contributed by atoms with Crippen LogP contribution in [0.15, 0.2) is 41.3 Å². The standard InChI is InChI=1S/C14H12N2O6S2/c1-2-5-16-13(19)9(12(18)15-14(16)23)6-8-3-4-10(17)11(7-8)24(20,21)22/h2-4,6-7,17H,1,5H2,(H,15,18,23)(H,20,21,22)/b9-6+. The van der Waals surface area contributed by atoms with E-state index in [0.717, 1.165) is 23.1 Å². The second-order valence-corrected chi connectivity index (χ2v) is 6.50. The molecule has 1 aliphatic heterocycles. The van der Waals surface area contributed by atoms with Gasteiger partial charge in [-0.05, 0) is 36.0 Å². The predicted molar refractivity (Wildman–Crippen MR) is 88.5 cm³/mol. The van der Waals surface area contributed by atoms with E-state index in [1.807, 2.05) is 0 Å². The molecule has 0 aliphatic carbocycles. The van der Waals surface area contributed by atoms with Gasteiger partial charge in [0.15, 0.2) is 5.11 Å². The SMILES string of the molecule is C=CCN1C(=O)/C(=C/c2ccc(O)c(S(=O)(=O)O)c2)C(=O)NC1=S. The average molecular weight is 368 g/mol. The van der Waals surface area contributed by atoms with Crippen LogP contribution >= 0.6 is 12.2 Å². The maximum atomic E-state index is 12.3. The fourth-order valence-corrected chi connectivity index (χ4v) is 2.85. The molecule has 0 saturated carbocycles. The zero-order valence-corrected chi connectivity index (χ0v) is 13.7. The van der Waals surface area contributed by atoms with Crippen LogP contribution in [-0.2, 0) is 19.7 Å². The van der Waals surface area contributed by atoms with Gasteiger partial charge in [0, 0.05) is 6.54 Å². The lowest BCUT2D eigenvalue weighted by molar-refractivity contribution is -0.128. The van der Waals surface area contributed by atoms with E-state index in [1.54, 1.807) is 0 Å². The van der Waals surface area contributed by atoms with E-state index in [4.69, 9.17) is 16.8 Å². The number of thiocarbonyl (C=S) groups is 1. The molecule has 1 aliphatic rings. The van der Waals surface area contributed by atoms with E-state index < -0.39 is 32.6 Å². The van der Waals surface area contributed by atoms with Crippen molar-refractivity contribution in [2.75, 3.05) is 6.54 Å². The Labute approximate surface area is 142 Å². The van der Waals surface area contributed by atoms with Crippen molar-refractivity contribution in [3.05, 3.63) is 42.0 Å². The summed E-state index contributed by atoms with van der Waals surface area (Å²) < 4.78 is 31.5. The second-order valence-electron chi connectivity index (χ2n) is 4.72. The molecule has 0 atom stereocenters. The molecule has 1 aromatic rings. The number of amides is 2. The van der Waals surface area contributed by atoms with Crippen molar-refractivity contribution in [1.82, 2.24) is 10.2 Å². The van der Waals surface area contributed by atoms with Gasteiger partial charge in [0.25, 0.3) is 21.9 Å². The van der Waals surface area contributed by atoms with E-state index in [1.165, 1.54) is 12.1 Å². The van der Waals surface area contributed by atoms with Crippen molar-refractivity contribution < 1.29 is 27.7 Å². The summed E-state index contributed by atoms with van der Waals surface area (Å²) in [5, 5.41) is 11.8. The molecule has 0 aromatic heterocycles. The van der Waals surface area contributed by atoms with Crippen LogP contribution in [0.3, 0.4) is 0 Å². The Balaban J connectivity index is 2.50. The van der Waals surface area contributed by atoms with Gasteiger partial charge < -0.3 is 5.11 Å². The van der Waals surface area contributed by atoms with E-state index in [-0.39, 0.29) is 22.8 Å². The molecule has 1 saturated heterocycles. The smallest absolute Gasteiger partial charge is 0.298 e. The van der Waals surface area contributed by atoms with Gasteiger partial charge in [-0.2, -0.15) is 8.42 Å². The number of benzene rings is 1. The highest BCUT2D eigenvalue weighted by Crippen LogP contribution is 2.25. The van der Waals surface area contributed by atoms with Gasteiger partial charge in [-0.25, -0.2) is 0 Å². The normalized spacial score (nSPS) is 17.1. The summed E-state index contributed by atoms with van der Waals surface area (Å²) in [6, 6.07) is 3.23. The first-order valence-electron chi connectivity index (χ1n) is 6.45. The fourth-order valence-electron chi connectivity index (χ4n) is 1.98. The van der Waals surface area contributed by atoms with Crippen LogP contribution in [0.2, 0.25) is 0 Å². The number of nitrogens with zero attached hydrogens (tertiary/aromatic N) is 1. The highest BCUT2D eigenvalue weighted by molar-refractivity contribution is 7.86. The first-order chi connectivity index (χ1) is 11.1. The zero-order chi connectivity index (χ0) is 18.1. The van der Waals surface area contributed by atoms with Gasteiger partial charge in [-0.1, -0.05) is 12.1 Å². The Bertz CT molecular complexity index is 889. The molecule has 0 spiro atoms. The molecule has 1 fully saturated rings. The summed E-state index contributed by atoms with van der Waals surface area (Å²) in [6.07, 6.45) is 2.56. The van der Waals surface area contributed by atoms with Gasteiger partial charge in [0.05, 0.1) is 0 Å². The molecule has 126 valence electrons. The fraction of sp³-hybridized carbons (Fsp3) is 0.0714. The van der Waals surface area contributed by atoms with Crippen molar-refractivity contribution in [3.8, 4) is 5.75 Å². The van der Waals surface area contributed by atoms with E-state index in [0.29, 0.717) is 0 Å². The molecule has 10 heteroatoms. The molecule has 0 unspecified atom stereocenters. The molecule has 1 aromatic carbocycles. The Hall–Kier alpha value is -2.56. The Morgan fingerprint density at radius 3 is 2.58 bits per heavy atom. The highest BCUT2D eigenvalue weighted by Gasteiger charge is 2.32. The van der Waals surface area contributed by atoms with Crippen LogP contribution in [-0.4, -0.2) is 46.4 Å². The molecular weight excluding hydrogens is 356 g/mol. The van der Waals surface area contributed by atoms with Crippen molar-refractivity contribution in [2.45, 2.75) is 4.90 Å². The number of carbonyl (C=O) groups is 2. The molecule has 1 heterocycles. The lowest BCUT2D eigenvalue weighted by atomic mass is 10.1. The van der Waals surface area contributed by atoms with Crippen LogP contribution < -0.4 is 5.32 Å². The average Bonchev–Trinajstić information content (AvgIpc) is 2.48. The Kier molecular flexibility index (Phi) is 4.83. The first kappa shape index (κ1) is 17.8. The van der Waals surface area contributed by atoms with Crippen LogP contribution in [0.4, 0.5) is 0 Å². The van der Waals surface area contributed by atoms with Gasteiger partial charge in [0.1, 0.15) is 16.2 Å². The molecular formula is C14H12N2O6S2. The minimum atomic E-state index is -4.66. The van der Waals surface area contributed by atoms with Gasteiger partial charge in [0.2, 0.25) is 0 Å². The van der Waals surface area contributed by atoms with E-state index in [9.17, 15) is 23.1 Å². The second kappa shape index (κ2) is 6.51. The molecule has 0 radical (unpaired) electrons. The van der Waals surface area contributed by atoms with Gasteiger partial charge >= 0.3 is 0 Å². The first-order valence-corrected chi connectivity index (χ1v) is 8.30. The summed E-state index contributed by atoms with van der Waals surface area (Å²) >= 11 is 4.90. The summed E-state index contributed by atoms with van der Waals surface area (Å²) in [4.78, 5) is 24.7. The third-order valence-corrected chi connectivity index (χ3v) is 4.28. The van der Waals surface area contributed by atoms with Crippen molar-refractivity contribution in [1.29, 1.82) is 0 Å². The molecule has 24 heavy (non-hydrogen) atoms. The van der Waals surface area contributed by atoms with Crippen molar-refractivity contribution in [3.63, 3.8) is 0 Å². The number of nitrogens with one attached hydrogen (secondary N) is 1. The Morgan fingerprint density at radius 1 is 1.33 bits per heavy atom. The van der Waals surface area contributed by atoms with Crippen molar-refractivity contribution in [2.24, 2.45) is 0 Å². The number of phenolic OH excluding ortho intramolecular Hbond substituents is 1. The molecule has 8 nitrogen and oxygen atoms in total.